The second kappa shape index (κ2) is 8.83. The van der Waals surface area contributed by atoms with Crippen LogP contribution in [0.2, 0.25) is 15.2 Å². The van der Waals surface area contributed by atoms with Crippen LogP contribution in [0.4, 0.5) is 11.5 Å². The third kappa shape index (κ3) is 3.79. The van der Waals surface area contributed by atoms with Gasteiger partial charge in [-0.2, -0.15) is 0 Å². The number of halogens is 3. The Labute approximate surface area is 227 Å². The van der Waals surface area contributed by atoms with Crippen molar-refractivity contribution in [3.05, 3.63) is 98.4 Å². The molecule has 2 atom stereocenters. The predicted molar refractivity (Wildman–Crippen MR) is 141 cm³/mol. The number of hydrogen-bond acceptors (Lipinski definition) is 5. The summed E-state index contributed by atoms with van der Waals surface area (Å²) in [5.41, 5.74) is 2.01. The van der Waals surface area contributed by atoms with Crippen molar-refractivity contribution in [2.24, 2.45) is 0 Å². The lowest BCUT2D eigenvalue weighted by Crippen LogP contribution is -2.47. The molecule has 0 bridgehead atoms. The van der Waals surface area contributed by atoms with Crippen molar-refractivity contribution in [1.29, 1.82) is 0 Å². The lowest BCUT2D eigenvalue weighted by Gasteiger charge is -2.31. The molecule has 0 fully saturated rings. The van der Waals surface area contributed by atoms with E-state index in [9.17, 15) is 9.59 Å². The average molecular weight is 554 g/mol. The molecule has 2 aliphatic rings. The van der Waals surface area contributed by atoms with Crippen molar-refractivity contribution in [2.75, 3.05) is 10.2 Å². The molecule has 8 nitrogen and oxygen atoms in total. The zero-order valence-electron chi connectivity index (χ0n) is 19.5. The van der Waals surface area contributed by atoms with E-state index in [-0.39, 0.29) is 30.8 Å². The first-order valence-electron chi connectivity index (χ1n) is 11.5. The zero-order chi connectivity index (χ0) is 25.9. The molecule has 0 radical (unpaired) electrons. The molecular weight excluding hydrogens is 535 g/mol. The molecule has 0 saturated heterocycles. The summed E-state index contributed by atoms with van der Waals surface area (Å²) in [4.78, 5) is 33.2. The van der Waals surface area contributed by atoms with E-state index in [2.05, 4.69) is 20.6 Å². The Bertz CT molecular complexity index is 1550. The van der Waals surface area contributed by atoms with Crippen LogP contribution in [0.5, 0.6) is 0 Å². The monoisotopic (exact) mass is 552 g/mol. The number of fused-ring (bicyclic) bond motifs is 4. The van der Waals surface area contributed by atoms with E-state index in [1.165, 1.54) is 0 Å². The number of benzene rings is 2. The molecule has 4 aromatic rings. The van der Waals surface area contributed by atoms with E-state index in [1.54, 1.807) is 52.2 Å². The second-order valence-corrected chi connectivity index (χ2v) is 10.4. The highest BCUT2D eigenvalue weighted by Gasteiger charge is 2.58. The van der Waals surface area contributed by atoms with Crippen molar-refractivity contribution in [1.82, 2.24) is 20.0 Å². The fraction of sp³-hybridized carbons (Fsp3) is 0.192. The summed E-state index contributed by atoms with van der Waals surface area (Å²) in [6.07, 6.45) is 1.51. The fourth-order valence-corrected chi connectivity index (χ4v) is 5.54. The lowest BCUT2D eigenvalue weighted by molar-refractivity contribution is -0.126. The Kier molecular flexibility index (Phi) is 5.71. The summed E-state index contributed by atoms with van der Waals surface area (Å²) < 4.78 is 1.63. The number of nitrogens with zero attached hydrogens (tertiary/aromatic N) is 5. The van der Waals surface area contributed by atoms with E-state index < -0.39 is 5.41 Å². The van der Waals surface area contributed by atoms with Gasteiger partial charge in [0.05, 0.1) is 19.0 Å². The van der Waals surface area contributed by atoms with Gasteiger partial charge in [0.15, 0.2) is 5.82 Å². The molecule has 2 amide bonds. The number of pyridine rings is 1. The molecule has 2 aliphatic heterocycles. The minimum atomic E-state index is -1.37. The van der Waals surface area contributed by atoms with Gasteiger partial charge in [0.25, 0.3) is 0 Å². The predicted octanol–water partition coefficient (Wildman–Crippen LogP) is 5.42. The fourth-order valence-electron chi connectivity index (χ4n) is 5.13. The molecular formula is C26H19Cl3N6O2. The summed E-state index contributed by atoms with van der Waals surface area (Å²) in [6, 6.07) is 15.8. The first-order chi connectivity index (χ1) is 17.8. The molecule has 4 heterocycles. The number of amides is 2. The Morgan fingerprint density at radius 3 is 2.51 bits per heavy atom. The van der Waals surface area contributed by atoms with Crippen molar-refractivity contribution < 1.29 is 9.59 Å². The highest BCUT2D eigenvalue weighted by molar-refractivity contribution is 6.31. The van der Waals surface area contributed by atoms with Crippen LogP contribution in [0.25, 0.3) is 0 Å². The van der Waals surface area contributed by atoms with Crippen molar-refractivity contribution in [3.63, 3.8) is 0 Å². The smallest absolute Gasteiger partial charge is 0.244 e. The minimum absolute atomic E-state index is 0.116. The highest BCUT2D eigenvalue weighted by Crippen LogP contribution is 2.52. The number of rotatable bonds is 4. The van der Waals surface area contributed by atoms with Gasteiger partial charge in [0.2, 0.25) is 11.8 Å². The molecule has 37 heavy (non-hydrogen) atoms. The highest BCUT2D eigenvalue weighted by atomic mass is 35.5. The number of carbonyl (C=O) groups is 2. The van der Waals surface area contributed by atoms with Crippen LogP contribution in [-0.4, -0.2) is 31.8 Å². The normalized spacial score (nSPS) is 19.1. The molecule has 1 N–H and O–H groups in total. The molecule has 11 heteroatoms. The number of nitrogens with one attached hydrogen (secondary N) is 1. The molecule has 1 spiro atoms. The van der Waals surface area contributed by atoms with E-state index >= 15 is 0 Å². The number of hydrogen-bond donors (Lipinski definition) is 1. The number of carbonyl (C=O) groups excluding carboxylic acids is 2. The molecule has 0 saturated carbocycles. The number of anilines is 2. The van der Waals surface area contributed by atoms with Gasteiger partial charge in [-0.25, -0.2) is 9.67 Å². The zero-order valence-corrected chi connectivity index (χ0v) is 21.7. The maximum atomic E-state index is 14.3. The van der Waals surface area contributed by atoms with E-state index in [1.807, 2.05) is 25.1 Å². The van der Waals surface area contributed by atoms with Gasteiger partial charge >= 0.3 is 0 Å². The van der Waals surface area contributed by atoms with Gasteiger partial charge in [-0.15, -0.1) is 5.10 Å². The Morgan fingerprint density at radius 1 is 1.03 bits per heavy atom. The van der Waals surface area contributed by atoms with E-state index in [0.717, 1.165) is 11.1 Å². The van der Waals surface area contributed by atoms with Crippen LogP contribution in [0.15, 0.2) is 60.8 Å². The summed E-state index contributed by atoms with van der Waals surface area (Å²) in [5.74, 6) is -0.205. The summed E-state index contributed by atoms with van der Waals surface area (Å²) in [5, 5.41) is 13.2. The average Bonchev–Trinajstić information content (AvgIpc) is 3.39. The SMILES string of the molecule is C[C@@H](c1ccc(Cl)cc1)n1nnc2c1NC(=O)C[C@]21C(=O)N(Cc2ccc(Cl)nc2)c2ccc(Cl)cc21. The number of aromatic nitrogens is 4. The van der Waals surface area contributed by atoms with Crippen LogP contribution < -0.4 is 10.2 Å². The van der Waals surface area contributed by atoms with Crippen LogP contribution >= 0.6 is 34.8 Å². The van der Waals surface area contributed by atoms with E-state index in [4.69, 9.17) is 34.8 Å². The molecule has 0 unspecified atom stereocenters. The Morgan fingerprint density at radius 2 is 1.78 bits per heavy atom. The third-order valence-corrected chi connectivity index (χ3v) is 7.66. The van der Waals surface area contributed by atoms with Crippen molar-refractivity contribution >= 4 is 58.1 Å². The van der Waals surface area contributed by atoms with Crippen LogP contribution in [0.3, 0.4) is 0 Å². The second-order valence-electron chi connectivity index (χ2n) is 9.13. The maximum Gasteiger partial charge on any atom is 0.244 e. The first-order valence-corrected chi connectivity index (χ1v) is 12.6. The molecule has 2 aromatic carbocycles. The van der Waals surface area contributed by atoms with Gasteiger partial charge in [-0.05, 0) is 60.0 Å². The third-order valence-electron chi connectivity index (χ3n) is 6.95. The first kappa shape index (κ1) is 23.9. The van der Waals surface area contributed by atoms with Crippen molar-refractivity contribution in [2.45, 2.75) is 31.3 Å². The van der Waals surface area contributed by atoms with Crippen LogP contribution in [0.1, 0.15) is 41.8 Å². The van der Waals surface area contributed by atoms with Gasteiger partial charge < -0.3 is 10.2 Å². The molecule has 0 aliphatic carbocycles. The Balaban J connectivity index is 1.49. The summed E-state index contributed by atoms with van der Waals surface area (Å²) in [6.45, 7) is 2.18. The van der Waals surface area contributed by atoms with Gasteiger partial charge in [-0.3, -0.25) is 9.59 Å². The molecule has 2 aromatic heterocycles. The standard InChI is InChI=1S/C26H19Cl3N6O2/c1-14(16-3-5-17(27)6-4-16)35-24-23(32-33-35)26(11-22(36)31-24)19-10-18(28)7-8-20(19)34(25(26)37)13-15-2-9-21(29)30-12-15/h2-10,12,14H,11,13H2,1H3,(H,31,36)/t14-,26+/m0/s1. The quantitative estimate of drug-likeness (QED) is 0.341. The van der Waals surface area contributed by atoms with Gasteiger partial charge in [-0.1, -0.05) is 58.2 Å². The Hall–Kier alpha value is -3.46. The van der Waals surface area contributed by atoms with Crippen LogP contribution in [-0.2, 0) is 21.5 Å². The van der Waals surface area contributed by atoms with Crippen molar-refractivity contribution in [3.8, 4) is 0 Å². The lowest BCUT2D eigenvalue weighted by atomic mass is 9.73. The minimum Gasteiger partial charge on any atom is -0.309 e. The topological polar surface area (TPSA) is 93.0 Å². The maximum absolute atomic E-state index is 14.3. The molecule has 6 rings (SSSR count). The van der Waals surface area contributed by atoms with E-state index in [0.29, 0.717) is 38.0 Å². The van der Waals surface area contributed by atoms with Crippen LogP contribution in [0, 0.1) is 0 Å². The van der Waals surface area contributed by atoms with Gasteiger partial charge in [0, 0.05) is 21.9 Å². The summed E-state index contributed by atoms with van der Waals surface area (Å²) in [7, 11) is 0. The molecule has 186 valence electrons. The largest absolute Gasteiger partial charge is 0.309 e. The van der Waals surface area contributed by atoms with Gasteiger partial charge in [0.1, 0.15) is 16.3 Å². The summed E-state index contributed by atoms with van der Waals surface area (Å²) >= 11 is 18.4.